The normalized spacial score (nSPS) is 14.3. The maximum Gasteiger partial charge on any atom is 0.188 e. The van der Waals surface area contributed by atoms with E-state index in [1.807, 2.05) is 6.07 Å². The molecule has 0 aliphatic heterocycles. The molecule has 0 unspecified atom stereocenters. The summed E-state index contributed by atoms with van der Waals surface area (Å²) in [6.45, 7) is 0. The van der Waals surface area contributed by atoms with Crippen molar-refractivity contribution in [2.45, 2.75) is 18.8 Å². The van der Waals surface area contributed by atoms with Gasteiger partial charge in [-0.1, -0.05) is 0 Å². The summed E-state index contributed by atoms with van der Waals surface area (Å²) in [6, 6.07) is 5.57. The lowest BCUT2D eigenvalue weighted by Gasteiger charge is -2.00. The maximum absolute atomic E-state index is 8.67. The SMILES string of the molecule is N#Cc1ccc(Nc2nc(C3CC3)cs2)nc1. The van der Waals surface area contributed by atoms with Gasteiger partial charge in [0.25, 0.3) is 0 Å². The van der Waals surface area contributed by atoms with Gasteiger partial charge in [0.05, 0.1) is 11.3 Å². The van der Waals surface area contributed by atoms with E-state index in [1.54, 1.807) is 29.7 Å². The minimum Gasteiger partial charge on any atom is -0.316 e. The van der Waals surface area contributed by atoms with Gasteiger partial charge in [-0.25, -0.2) is 9.97 Å². The second-order valence-corrected chi connectivity index (χ2v) is 4.88. The molecule has 0 aromatic carbocycles. The second kappa shape index (κ2) is 4.15. The highest BCUT2D eigenvalue weighted by Gasteiger charge is 2.26. The molecule has 0 saturated heterocycles. The molecule has 2 aromatic heterocycles. The van der Waals surface area contributed by atoms with Gasteiger partial charge in [-0.2, -0.15) is 5.26 Å². The molecular weight excluding hydrogens is 232 g/mol. The Morgan fingerprint density at radius 3 is 2.94 bits per heavy atom. The summed E-state index contributed by atoms with van der Waals surface area (Å²) in [5.74, 6) is 1.40. The van der Waals surface area contributed by atoms with E-state index in [-0.39, 0.29) is 0 Å². The number of rotatable bonds is 3. The third-order valence-electron chi connectivity index (χ3n) is 2.65. The molecule has 0 amide bonds. The standard InChI is InChI=1S/C12H10N4S/c13-5-8-1-4-11(14-6-8)16-12-15-10(7-17-12)9-2-3-9/h1,4,6-7,9H,2-3H2,(H,14,15,16). The lowest BCUT2D eigenvalue weighted by atomic mass is 10.3. The van der Waals surface area contributed by atoms with Gasteiger partial charge >= 0.3 is 0 Å². The molecule has 1 N–H and O–H groups in total. The van der Waals surface area contributed by atoms with Crippen LogP contribution >= 0.6 is 11.3 Å². The molecule has 5 heteroatoms. The van der Waals surface area contributed by atoms with Crippen LogP contribution in [-0.4, -0.2) is 9.97 Å². The zero-order valence-electron chi connectivity index (χ0n) is 9.05. The highest BCUT2D eigenvalue weighted by molar-refractivity contribution is 7.13. The Bertz CT molecular complexity index is 563. The number of pyridine rings is 1. The first kappa shape index (κ1) is 10.2. The molecule has 2 heterocycles. The van der Waals surface area contributed by atoms with Gasteiger partial charge in [-0.3, -0.25) is 0 Å². The minimum absolute atomic E-state index is 0.563. The van der Waals surface area contributed by atoms with E-state index in [9.17, 15) is 0 Å². The van der Waals surface area contributed by atoms with E-state index in [1.165, 1.54) is 18.5 Å². The van der Waals surface area contributed by atoms with Gasteiger partial charge in [-0.15, -0.1) is 11.3 Å². The molecule has 4 nitrogen and oxygen atoms in total. The molecule has 0 radical (unpaired) electrons. The number of thiazole rings is 1. The van der Waals surface area contributed by atoms with Crippen LogP contribution in [0.1, 0.15) is 30.0 Å². The van der Waals surface area contributed by atoms with Crippen molar-refractivity contribution in [3.8, 4) is 6.07 Å². The Labute approximate surface area is 103 Å². The predicted octanol–water partition coefficient (Wildman–Crippen LogP) is 3.03. The van der Waals surface area contributed by atoms with Crippen molar-refractivity contribution < 1.29 is 0 Å². The molecule has 1 saturated carbocycles. The Kier molecular flexibility index (Phi) is 2.50. The van der Waals surface area contributed by atoms with Crippen molar-refractivity contribution in [1.82, 2.24) is 9.97 Å². The average molecular weight is 242 g/mol. The number of nitrogens with zero attached hydrogens (tertiary/aromatic N) is 3. The fourth-order valence-corrected chi connectivity index (χ4v) is 2.35. The molecule has 84 valence electrons. The van der Waals surface area contributed by atoms with Crippen LogP contribution < -0.4 is 5.32 Å². The summed E-state index contributed by atoms with van der Waals surface area (Å²) in [5.41, 5.74) is 1.75. The molecular formula is C12H10N4S. The summed E-state index contributed by atoms with van der Waals surface area (Å²) in [4.78, 5) is 8.66. The third-order valence-corrected chi connectivity index (χ3v) is 3.42. The van der Waals surface area contributed by atoms with Gasteiger partial charge in [0, 0.05) is 17.5 Å². The molecule has 3 rings (SSSR count). The maximum atomic E-state index is 8.67. The molecule has 1 aliphatic carbocycles. The molecule has 17 heavy (non-hydrogen) atoms. The van der Waals surface area contributed by atoms with Crippen LogP contribution in [0.25, 0.3) is 0 Å². The predicted molar refractivity (Wildman–Crippen MR) is 66.3 cm³/mol. The molecule has 0 atom stereocenters. The first-order chi connectivity index (χ1) is 8.35. The van der Waals surface area contributed by atoms with Crippen LogP contribution in [0.5, 0.6) is 0 Å². The average Bonchev–Trinajstić information content (AvgIpc) is 3.12. The van der Waals surface area contributed by atoms with Gasteiger partial charge < -0.3 is 5.32 Å². The Morgan fingerprint density at radius 1 is 1.41 bits per heavy atom. The summed E-state index contributed by atoms with van der Waals surface area (Å²) >= 11 is 1.60. The zero-order chi connectivity index (χ0) is 11.7. The molecule has 2 aromatic rings. The lowest BCUT2D eigenvalue weighted by Crippen LogP contribution is -1.93. The highest BCUT2D eigenvalue weighted by Crippen LogP contribution is 2.41. The minimum atomic E-state index is 0.563. The summed E-state index contributed by atoms with van der Waals surface area (Å²) in [5, 5.41) is 14.8. The van der Waals surface area contributed by atoms with Crippen LogP contribution in [0.2, 0.25) is 0 Å². The molecule has 0 bridgehead atoms. The van der Waals surface area contributed by atoms with E-state index in [0.717, 1.165) is 10.9 Å². The van der Waals surface area contributed by atoms with Gasteiger partial charge in [0.15, 0.2) is 5.13 Å². The van der Waals surface area contributed by atoms with Crippen molar-refractivity contribution in [3.63, 3.8) is 0 Å². The first-order valence-electron chi connectivity index (χ1n) is 5.44. The zero-order valence-corrected chi connectivity index (χ0v) is 9.87. The number of hydrogen-bond acceptors (Lipinski definition) is 5. The van der Waals surface area contributed by atoms with E-state index >= 15 is 0 Å². The third kappa shape index (κ3) is 2.27. The fraction of sp³-hybridized carbons (Fsp3) is 0.250. The number of anilines is 2. The Hall–Kier alpha value is -1.93. The van der Waals surface area contributed by atoms with E-state index in [0.29, 0.717) is 11.5 Å². The van der Waals surface area contributed by atoms with E-state index in [4.69, 9.17) is 5.26 Å². The molecule has 0 spiro atoms. The summed E-state index contributed by atoms with van der Waals surface area (Å²) < 4.78 is 0. The van der Waals surface area contributed by atoms with Crippen molar-refractivity contribution >= 4 is 22.3 Å². The molecule has 1 fully saturated rings. The monoisotopic (exact) mass is 242 g/mol. The number of nitrogens with one attached hydrogen (secondary N) is 1. The lowest BCUT2D eigenvalue weighted by molar-refractivity contribution is 1.05. The quantitative estimate of drug-likeness (QED) is 0.898. The summed E-state index contributed by atoms with van der Waals surface area (Å²) in [6.07, 6.45) is 4.08. The van der Waals surface area contributed by atoms with Crippen molar-refractivity contribution in [2.24, 2.45) is 0 Å². The number of nitriles is 1. The van der Waals surface area contributed by atoms with Crippen LogP contribution in [0.15, 0.2) is 23.7 Å². The Balaban J connectivity index is 1.74. The van der Waals surface area contributed by atoms with Crippen molar-refractivity contribution in [3.05, 3.63) is 35.0 Å². The van der Waals surface area contributed by atoms with Crippen LogP contribution in [-0.2, 0) is 0 Å². The van der Waals surface area contributed by atoms with Gasteiger partial charge in [0.2, 0.25) is 0 Å². The second-order valence-electron chi connectivity index (χ2n) is 4.02. The summed E-state index contributed by atoms with van der Waals surface area (Å²) in [7, 11) is 0. The van der Waals surface area contributed by atoms with Gasteiger partial charge in [0.1, 0.15) is 11.9 Å². The highest BCUT2D eigenvalue weighted by atomic mass is 32.1. The smallest absolute Gasteiger partial charge is 0.188 e. The van der Waals surface area contributed by atoms with E-state index < -0.39 is 0 Å². The van der Waals surface area contributed by atoms with Crippen LogP contribution in [0.3, 0.4) is 0 Å². The van der Waals surface area contributed by atoms with Crippen LogP contribution in [0.4, 0.5) is 10.9 Å². The largest absolute Gasteiger partial charge is 0.316 e. The van der Waals surface area contributed by atoms with Crippen molar-refractivity contribution in [2.75, 3.05) is 5.32 Å². The van der Waals surface area contributed by atoms with Crippen LogP contribution in [0, 0.1) is 11.3 Å². The first-order valence-corrected chi connectivity index (χ1v) is 6.32. The Morgan fingerprint density at radius 2 is 2.29 bits per heavy atom. The van der Waals surface area contributed by atoms with Gasteiger partial charge in [-0.05, 0) is 25.0 Å². The molecule has 1 aliphatic rings. The number of aromatic nitrogens is 2. The fourth-order valence-electron chi connectivity index (χ4n) is 1.55. The number of hydrogen-bond donors (Lipinski definition) is 1. The van der Waals surface area contributed by atoms with Crippen molar-refractivity contribution in [1.29, 1.82) is 5.26 Å². The topological polar surface area (TPSA) is 61.6 Å². The van der Waals surface area contributed by atoms with E-state index in [2.05, 4.69) is 20.7 Å².